The summed E-state index contributed by atoms with van der Waals surface area (Å²) in [6.07, 6.45) is -23.4. The topological polar surface area (TPSA) is 397 Å². The number of hydrogen-bond acceptors (Lipinski definition) is 24. The van der Waals surface area contributed by atoms with Crippen LogP contribution in [0.1, 0.15) is 41.0 Å². The Bertz CT molecular complexity index is 1550. The first-order chi connectivity index (χ1) is 28.5. The molecule has 0 bridgehead atoms. The summed E-state index contributed by atoms with van der Waals surface area (Å²) < 4.78 is 152. The van der Waals surface area contributed by atoms with E-state index in [0.717, 1.165) is 0 Å². The Hall–Kier alpha value is -0.520. The number of aliphatic hydroxyl groups is 5. The molecule has 0 radical (unpaired) electrons. The summed E-state index contributed by atoms with van der Waals surface area (Å²) in [6.45, 7) is 5.72. The van der Waals surface area contributed by atoms with Gasteiger partial charge in [0.1, 0.15) is 48.8 Å². The number of hydrogen-bond donors (Lipinski definition) is 9. The van der Waals surface area contributed by atoms with Crippen molar-refractivity contribution < 1.29 is 130 Å². The molecular weight excluding hydrogens is 925 g/mol. The Balaban J connectivity index is 1.58. The van der Waals surface area contributed by atoms with Crippen LogP contribution in [0.25, 0.3) is 0 Å². The molecule has 4 fully saturated rings. The molecule has 0 aromatic rings. The molecule has 0 aromatic carbocycles. The molecule has 0 amide bonds. The maximum absolute atomic E-state index is 11.6. The van der Waals surface area contributed by atoms with Crippen LogP contribution in [-0.4, -0.2) is 183 Å². The zero-order chi connectivity index (χ0) is 45.5. The van der Waals surface area contributed by atoms with Crippen molar-refractivity contribution >= 4 is 44.5 Å². The fourth-order valence-electron chi connectivity index (χ4n) is 7.55. The van der Waals surface area contributed by atoms with Crippen LogP contribution in [0.4, 0.5) is 0 Å². The quantitative estimate of drug-likeness (QED) is 0.0238. The maximum atomic E-state index is 11.6. The molecule has 4 aliphatic rings. The lowest BCUT2D eigenvalue weighted by molar-refractivity contribution is -0.373. The molecule has 32 heteroatoms. The molecule has 28 nitrogen and oxygen atoms in total. The average molecular weight is 977 g/mol. The van der Waals surface area contributed by atoms with Crippen LogP contribution >= 0.6 is 0 Å². The number of rotatable bonds is 21. The van der Waals surface area contributed by atoms with Crippen molar-refractivity contribution in [2.24, 2.45) is 23.7 Å². The van der Waals surface area contributed by atoms with Crippen molar-refractivity contribution in [1.29, 1.82) is 0 Å². The zero-order valence-corrected chi connectivity index (χ0v) is 36.1. The first kappa shape index (κ1) is 53.1. The van der Waals surface area contributed by atoms with Crippen LogP contribution in [0.5, 0.6) is 0 Å². The monoisotopic (exact) mass is 976 g/mol. The normalized spacial score (nSPS) is 44.0. The minimum Gasteiger partial charge on any atom is -0.388 e. The predicted molar refractivity (Wildman–Crippen MR) is 192 cm³/mol. The highest BCUT2D eigenvalue weighted by atomic mass is 32.3. The molecule has 360 valence electrons. The van der Waals surface area contributed by atoms with Crippen molar-refractivity contribution in [2.45, 2.75) is 139 Å². The Kier molecular flexibility index (Phi) is 20.7. The molecule has 9 N–H and O–H groups in total. The van der Waals surface area contributed by atoms with Gasteiger partial charge in [-0.1, -0.05) is 13.3 Å². The number of ether oxygens (including phenoxy) is 7. The average Bonchev–Trinajstić information content (AvgIpc) is 3.16. The standard InChI is InChI=1S/C29H52O28S4/c1-6-14-15(7-45-29-21(33)25(54-61(41,42)43)18(30)10(2)48-29)27(49-12(4)22(14)51-55-58(35)36)44-9-17-20(32)28(50-13(5)24(17)53-57-60(39)40)46-8-16-19(31)26(34)47-11(3)23(16)52-56-59(37)38/h10-34H,6-9H2,1-5H3,(H,35,36)(H,37,38)(H,39,40)(H,41,42,43)/t10?,11?,12?,13?,14-,15?,16+,17-,18-,19?,20?,21?,22-,23-,24-,25+,26?,27-,28-,29-/m1/s1. The van der Waals surface area contributed by atoms with Gasteiger partial charge in [0.25, 0.3) is 0 Å². The highest BCUT2D eigenvalue weighted by molar-refractivity contribution is 7.80. The van der Waals surface area contributed by atoms with Gasteiger partial charge >= 0.3 is 44.5 Å². The molecule has 0 aromatic heterocycles. The molecule has 0 saturated carbocycles. The third-order valence-electron chi connectivity index (χ3n) is 10.5. The van der Waals surface area contributed by atoms with E-state index in [1.807, 2.05) is 0 Å². The van der Waals surface area contributed by atoms with Crippen molar-refractivity contribution in [2.75, 3.05) is 19.8 Å². The van der Waals surface area contributed by atoms with E-state index in [1.165, 1.54) is 27.7 Å². The summed E-state index contributed by atoms with van der Waals surface area (Å²) in [6, 6.07) is 0. The largest absolute Gasteiger partial charge is 0.397 e. The molecule has 12 unspecified atom stereocenters. The van der Waals surface area contributed by atoms with Crippen LogP contribution in [0.3, 0.4) is 0 Å². The van der Waals surface area contributed by atoms with E-state index in [9.17, 15) is 60.2 Å². The lowest BCUT2D eigenvalue weighted by atomic mass is 9.80. The minimum atomic E-state index is -5.18. The van der Waals surface area contributed by atoms with E-state index in [4.69, 9.17) is 52.4 Å². The predicted octanol–water partition coefficient (Wildman–Crippen LogP) is -3.13. The van der Waals surface area contributed by atoms with Gasteiger partial charge < -0.3 is 58.7 Å². The zero-order valence-electron chi connectivity index (χ0n) is 32.8. The molecule has 4 aliphatic heterocycles. The van der Waals surface area contributed by atoms with E-state index < -0.39 is 186 Å². The van der Waals surface area contributed by atoms with Gasteiger partial charge in [-0.3, -0.25) is 18.2 Å². The second-order valence-electron chi connectivity index (χ2n) is 14.4. The Morgan fingerprint density at radius 1 is 0.508 bits per heavy atom. The van der Waals surface area contributed by atoms with Crippen LogP contribution in [0, 0.1) is 23.7 Å². The van der Waals surface area contributed by atoms with E-state index in [0.29, 0.717) is 0 Å². The molecule has 4 heterocycles. The summed E-state index contributed by atoms with van der Waals surface area (Å²) in [5.41, 5.74) is 0. The lowest BCUT2D eigenvalue weighted by Gasteiger charge is -2.47. The minimum absolute atomic E-state index is 0.218. The Morgan fingerprint density at radius 2 is 0.902 bits per heavy atom. The van der Waals surface area contributed by atoms with Gasteiger partial charge in [-0.05, 0) is 27.7 Å². The molecule has 0 spiro atoms. The van der Waals surface area contributed by atoms with Crippen molar-refractivity contribution in [3.05, 3.63) is 0 Å². The summed E-state index contributed by atoms with van der Waals surface area (Å²) in [5, 5.41) is 53.8. The second kappa shape index (κ2) is 23.8. The van der Waals surface area contributed by atoms with Crippen LogP contribution in [0.2, 0.25) is 0 Å². The Morgan fingerprint density at radius 3 is 1.38 bits per heavy atom. The summed E-state index contributed by atoms with van der Waals surface area (Å²) in [5.74, 6) is -4.25. The van der Waals surface area contributed by atoms with Crippen LogP contribution < -0.4 is 0 Å². The smallest absolute Gasteiger partial charge is 0.388 e. The van der Waals surface area contributed by atoms with Gasteiger partial charge in [0.2, 0.25) is 0 Å². The summed E-state index contributed by atoms with van der Waals surface area (Å²) in [7, 11) is -5.18. The van der Waals surface area contributed by atoms with Gasteiger partial charge in [0.15, 0.2) is 25.2 Å². The van der Waals surface area contributed by atoms with Gasteiger partial charge in [-0.2, -0.15) is 21.0 Å². The first-order valence-corrected chi connectivity index (χ1v) is 22.9. The van der Waals surface area contributed by atoms with Crippen molar-refractivity contribution in [3.63, 3.8) is 0 Å². The summed E-state index contributed by atoms with van der Waals surface area (Å²) in [4.78, 5) is 15.4. The Labute approximate surface area is 356 Å². The van der Waals surface area contributed by atoms with Crippen molar-refractivity contribution in [1.82, 2.24) is 0 Å². The van der Waals surface area contributed by atoms with E-state index in [1.54, 1.807) is 6.92 Å². The van der Waals surface area contributed by atoms with E-state index in [2.05, 4.69) is 17.2 Å². The van der Waals surface area contributed by atoms with E-state index >= 15 is 0 Å². The maximum Gasteiger partial charge on any atom is 0.397 e. The third-order valence-corrected chi connectivity index (χ3v) is 11.6. The highest BCUT2D eigenvalue weighted by Crippen LogP contribution is 2.39. The molecule has 23 atom stereocenters. The first-order valence-electron chi connectivity index (χ1n) is 18.4. The van der Waals surface area contributed by atoms with Gasteiger partial charge in [-0.15, -0.1) is 13.0 Å². The fourth-order valence-corrected chi connectivity index (χ4v) is 8.53. The second-order valence-corrected chi connectivity index (χ2v) is 17.2. The molecule has 0 aliphatic carbocycles. The van der Waals surface area contributed by atoms with Gasteiger partial charge in [-0.25, -0.2) is 18.8 Å². The molecule has 4 saturated heterocycles. The fraction of sp³-hybridized carbons (Fsp3) is 1.00. The molecule has 4 rings (SSSR count). The van der Waals surface area contributed by atoms with E-state index in [-0.39, 0.29) is 6.42 Å². The summed E-state index contributed by atoms with van der Waals surface area (Å²) >= 11 is -8.75. The molecular formula is C29H52O28S4. The van der Waals surface area contributed by atoms with Crippen LogP contribution in [-0.2, 0) is 109 Å². The number of aliphatic hydroxyl groups excluding tert-OH is 5. The van der Waals surface area contributed by atoms with Gasteiger partial charge in [0.05, 0.1) is 44.2 Å². The van der Waals surface area contributed by atoms with Crippen LogP contribution in [0.15, 0.2) is 0 Å². The van der Waals surface area contributed by atoms with Gasteiger partial charge in [0, 0.05) is 23.7 Å². The SMILES string of the molecule is CC[C@@H]1C(CO[C@@H]2OC(C)[C@@H](O)[C@H](OS(=O)(=O)O)C2O)[C@H](OC[C@@H]2C(O)[C@H](OC[C@H]3C(O)C(O)OC(C)[C@H]3OOS(=O)O)OC(C)[C@H]2OOS(=O)O)OC(C)[C@H]1OOS(=O)O. The third kappa shape index (κ3) is 14.5. The lowest BCUT2D eigenvalue weighted by Crippen LogP contribution is -2.60. The van der Waals surface area contributed by atoms with Crippen molar-refractivity contribution in [3.8, 4) is 0 Å². The molecule has 61 heavy (non-hydrogen) atoms. The highest BCUT2D eigenvalue weighted by Gasteiger charge is 2.52.